The monoisotopic (exact) mass is 219 g/mol. The summed E-state index contributed by atoms with van der Waals surface area (Å²) in [5.74, 6) is 0. The van der Waals surface area contributed by atoms with Crippen molar-refractivity contribution in [1.82, 2.24) is 4.98 Å². The maximum Gasteiger partial charge on any atom is 0.0766 e. The van der Waals surface area contributed by atoms with Crippen LogP contribution in [0.5, 0.6) is 0 Å². The minimum absolute atomic E-state index is 0.636. The smallest absolute Gasteiger partial charge is 0.0766 e. The van der Waals surface area contributed by atoms with E-state index in [-0.39, 0.29) is 0 Å². The van der Waals surface area contributed by atoms with Crippen LogP contribution < -0.4 is 10.2 Å². The van der Waals surface area contributed by atoms with E-state index in [0.29, 0.717) is 6.04 Å². The Bertz CT molecular complexity index is 330. The molecule has 0 saturated heterocycles. The molecule has 1 aliphatic carbocycles. The maximum atomic E-state index is 4.20. The van der Waals surface area contributed by atoms with Gasteiger partial charge < -0.3 is 10.2 Å². The van der Waals surface area contributed by atoms with Crippen molar-refractivity contribution < 1.29 is 0 Å². The molecule has 0 radical (unpaired) electrons. The normalized spacial score (nSPS) is 17.1. The van der Waals surface area contributed by atoms with Gasteiger partial charge in [-0.05, 0) is 18.9 Å². The van der Waals surface area contributed by atoms with Gasteiger partial charge in [-0.25, -0.2) is 0 Å². The summed E-state index contributed by atoms with van der Waals surface area (Å²) in [4.78, 5) is 6.34. The van der Waals surface area contributed by atoms with Crippen LogP contribution in [0.1, 0.15) is 32.1 Å². The molecule has 1 aromatic heterocycles. The van der Waals surface area contributed by atoms with Crippen LogP contribution in [0.4, 0.5) is 11.4 Å². The summed E-state index contributed by atoms with van der Waals surface area (Å²) in [7, 11) is 4.14. The van der Waals surface area contributed by atoms with E-state index in [1.807, 2.05) is 12.4 Å². The molecule has 1 fully saturated rings. The highest BCUT2D eigenvalue weighted by Crippen LogP contribution is 2.27. The SMILES string of the molecule is CN(C)c1ccncc1NC1CCCCC1. The van der Waals surface area contributed by atoms with Gasteiger partial charge >= 0.3 is 0 Å². The average Bonchev–Trinajstić information content (AvgIpc) is 2.31. The van der Waals surface area contributed by atoms with E-state index < -0.39 is 0 Å². The lowest BCUT2D eigenvalue weighted by molar-refractivity contribution is 0.462. The predicted molar refractivity (Wildman–Crippen MR) is 69.1 cm³/mol. The van der Waals surface area contributed by atoms with Crippen LogP contribution in [-0.2, 0) is 0 Å². The van der Waals surface area contributed by atoms with E-state index in [9.17, 15) is 0 Å². The average molecular weight is 219 g/mol. The number of pyridine rings is 1. The fraction of sp³-hybridized carbons (Fsp3) is 0.615. The third-order valence-electron chi connectivity index (χ3n) is 3.24. The highest BCUT2D eigenvalue weighted by Gasteiger charge is 2.14. The molecule has 0 aliphatic heterocycles. The summed E-state index contributed by atoms with van der Waals surface area (Å²) in [6, 6.07) is 2.70. The summed E-state index contributed by atoms with van der Waals surface area (Å²) in [5, 5.41) is 3.63. The van der Waals surface area contributed by atoms with E-state index in [4.69, 9.17) is 0 Å². The van der Waals surface area contributed by atoms with Gasteiger partial charge in [0, 0.05) is 26.3 Å². The van der Waals surface area contributed by atoms with Crippen LogP contribution in [-0.4, -0.2) is 25.1 Å². The van der Waals surface area contributed by atoms with Gasteiger partial charge in [-0.1, -0.05) is 19.3 Å². The zero-order valence-corrected chi connectivity index (χ0v) is 10.2. The standard InChI is InChI=1S/C13H21N3/c1-16(2)13-8-9-14-10-12(13)15-11-6-4-3-5-7-11/h8-11,15H,3-7H2,1-2H3. The largest absolute Gasteiger partial charge is 0.379 e. The second-order valence-electron chi connectivity index (χ2n) is 4.77. The van der Waals surface area contributed by atoms with Gasteiger partial charge in [0.1, 0.15) is 0 Å². The van der Waals surface area contributed by atoms with Crippen molar-refractivity contribution in [1.29, 1.82) is 0 Å². The van der Waals surface area contributed by atoms with E-state index in [1.54, 1.807) is 0 Å². The number of anilines is 2. The highest BCUT2D eigenvalue weighted by atomic mass is 15.1. The van der Waals surface area contributed by atoms with Gasteiger partial charge in [0.05, 0.1) is 17.6 Å². The first kappa shape index (κ1) is 11.2. The molecule has 1 saturated carbocycles. The third-order valence-corrected chi connectivity index (χ3v) is 3.24. The number of aromatic nitrogens is 1. The molecule has 3 nitrogen and oxygen atoms in total. The topological polar surface area (TPSA) is 28.2 Å². The van der Waals surface area contributed by atoms with Gasteiger partial charge in [-0.2, -0.15) is 0 Å². The second kappa shape index (κ2) is 5.19. The molecule has 2 rings (SSSR count). The summed E-state index contributed by atoms with van der Waals surface area (Å²) >= 11 is 0. The van der Waals surface area contributed by atoms with Crippen LogP contribution in [0.25, 0.3) is 0 Å². The Morgan fingerprint density at radius 3 is 2.69 bits per heavy atom. The molecule has 0 bridgehead atoms. The summed E-state index contributed by atoms with van der Waals surface area (Å²) in [6.45, 7) is 0. The van der Waals surface area contributed by atoms with E-state index in [2.05, 4.69) is 35.4 Å². The van der Waals surface area contributed by atoms with Crippen LogP contribution in [0.2, 0.25) is 0 Å². The number of nitrogens with zero attached hydrogens (tertiary/aromatic N) is 2. The molecule has 0 aromatic carbocycles. The van der Waals surface area contributed by atoms with Crippen molar-refractivity contribution >= 4 is 11.4 Å². The Labute approximate surface area is 97.9 Å². The number of nitrogens with one attached hydrogen (secondary N) is 1. The Morgan fingerprint density at radius 1 is 1.25 bits per heavy atom. The van der Waals surface area contributed by atoms with Crippen molar-refractivity contribution in [2.24, 2.45) is 0 Å². The number of rotatable bonds is 3. The fourth-order valence-electron chi connectivity index (χ4n) is 2.36. The van der Waals surface area contributed by atoms with Crippen molar-refractivity contribution in [3.63, 3.8) is 0 Å². The number of hydrogen-bond donors (Lipinski definition) is 1. The molecule has 1 aromatic rings. The van der Waals surface area contributed by atoms with Gasteiger partial charge in [0.2, 0.25) is 0 Å². The van der Waals surface area contributed by atoms with Crippen molar-refractivity contribution in [3.8, 4) is 0 Å². The summed E-state index contributed by atoms with van der Waals surface area (Å²) < 4.78 is 0. The zero-order chi connectivity index (χ0) is 11.4. The highest BCUT2D eigenvalue weighted by molar-refractivity contribution is 5.68. The Kier molecular flexibility index (Phi) is 3.65. The molecule has 0 amide bonds. The van der Waals surface area contributed by atoms with Gasteiger partial charge in [0.25, 0.3) is 0 Å². The van der Waals surface area contributed by atoms with Crippen LogP contribution in [0.15, 0.2) is 18.5 Å². The predicted octanol–water partition coefficient (Wildman–Crippen LogP) is 2.89. The first-order chi connectivity index (χ1) is 7.77. The van der Waals surface area contributed by atoms with Crippen molar-refractivity contribution in [3.05, 3.63) is 18.5 Å². The molecule has 1 aliphatic rings. The molecule has 3 heteroatoms. The minimum atomic E-state index is 0.636. The Balaban J connectivity index is 2.07. The molecule has 1 heterocycles. The lowest BCUT2D eigenvalue weighted by Crippen LogP contribution is -2.23. The Hall–Kier alpha value is -1.25. The zero-order valence-electron chi connectivity index (χ0n) is 10.2. The first-order valence-electron chi connectivity index (χ1n) is 6.15. The minimum Gasteiger partial charge on any atom is -0.379 e. The molecule has 16 heavy (non-hydrogen) atoms. The van der Waals surface area contributed by atoms with Gasteiger partial charge in [-0.15, -0.1) is 0 Å². The van der Waals surface area contributed by atoms with E-state index >= 15 is 0 Å². The maximum absolute atomic E-state index is 4.20. The second-order valence-corrected chi connectivity index (χ2v) is 4.77. The molecule has 1 N–H and O–H groups in total. The molecule has 88 valence electrons. The fourth-order valence-corrected chi connectivity index (χ4v) is 2.36. The first-order valence-corrected chi connectivity index (χ1v) is 6.15. The molecule has 0 unspecified atom stereocenters. The van der Waals surface area contributed by atoms with Crippen LogP contribution >= 0.6 is 0 Å². The molecule has 0 spiro atoms. The van der Waals surface area contributed by atoms with E-state index in [0.717, 1.165) is 0 Å². The van der Waals surface area contributed by atoms with Crippen molar-refractivity contribution in [2.75, 3.05) is 24.3 Å². The van der Waals surface area contributed by atoms with Crippen molar-refractivity contribution in [2.45, 2.75) is 38.1 Å². The van der Waals surface area contributed by atoms with Gasteiger partial charge in [-0.3, -0.25) is 4.98 Å². The summed E-state index contributed by atoms with van der Waals surface area (Å²) in [6.07, 6.45) is 10.5. The number of hydrogen-bond acceptors (Lipinski definition) is 3. The summed E-state index contributed by atoms with van der Waals surface area (Å²) in [5.41, 5.74) is 2.39. The lowest BCUT2D eigenvalue weighted by Gasteiger charge is -2.26. The van der Waals surface area contributed by atoms with E-state index in [1.165, 1.54) is 43.5 Å². The quantitative estimate of drug-likeness (QED) is 0.847. The molecule has 0 atom stereocenters. The lowest BCUT2D eigenvalue weighted by atomic mass is 9.95. The Morgan fingerprint density at radius 2 is 2.00 bits per heavy atom. The van der Waals surface area contributed by atoms with Crippen LogP contribution in [0, 0.1) is 0 Å². The molecular weight excluding hydrogens is 198 g/mol. The van der Waals surface area contributed by atoms with Crippen LogP contribution in [0.3, 0.4) is 0 Å². The molecular formula is C13H21N3. The van der Waals surface area contributed by atoms with Gasteiger partial charge in [0.15, 0.2) is 0 Å². The third kappa shape index (κ3) is 2.65.